The van der Waals surface area contributed by atoms with Gasteiger partial charge in [0.05, 0.1) is 11.5 Å². The third-order valence-electron chi connectivity index (χ3n) is 3.85. The standard InChI is InChI=1S/C12H27N3O4S2/c1-14(2)12-7-6-11(10-12)13-20(16,17)8-5-9-21(18,19)15(3)4/h11-13H,5-10H2,1-4H3. The molecule has 1 rings (SSSR count). The molecule has 0 saturated heterocycles. The predicted molar refractivity (Wildman–Crippen MR) is 84.1 cm³/mol. The molecule has 9 heteroatoms. The highest BCUT2D eigenvalue weighted by Gasteiger charge is 2.29. The van der Waals surface area contributed by atoms with Crippen LogP contribution in [0.3, 0.4) is 0 Å². The summed E-state index contributed by atoms with van der Waals surface area (Å²) in [6.45, 7) is 0. The lowest BCUT2D eigenvalue weighted by atomic mass is 10.2. The van der Waals surface area contributed by atoms with Gasteiger partial charge in [-0.15, -0.1) is 0 Å². The average Bonchev–Trinajstić information content (AvgIpc) is 2.75. The molecule has 0 aromatic heterocycles. The molecule has 0 aliphatic heterocycles. The summed E-state index contributed by atoms with van der Waals surface area (Å²) in [5.41, 5.74) is 0. The molecule has 1 saturated carbocycles. The Labute approximate surface area is 128 Å². The molecule has 0 aromatic rings. The summed E-state index contributed by atoms with van der Waals surface area (Å²) in [5.74, 6) is -0.297. The molecule has 0 heterocycles. The normalized spacial score (nSPS) is 24.1. The molecule has 2 atom stereocenters. The number of hydrogen-bond acceptors (Lipinski definition) is 5. The van der Waals surface area contributed by atoms with Gasteiger partial charge in [0.1, 0.15) is 0 Å². The fourth-order valence-corrected chi connectivity index (χ4v) is 4.88. The highest BCUT2D eigenvalue weighted by Crippen LogP contribution is 2.23. The SMILES string of the molecule is CN(C)C1CCC(NS(=O)(=O)CCCS(=O)(=O)N(C)C)C1. The highest BCUT2D eigenvalue weighted by atomic mass is 32.2. The molecular formula is C12H27N3O4S2. The molecule has 21 heavy (non-hydrogen) atoms. The molecule has 126 valence electrons. The molecule has 2 unspecified atom stereocenters. The van der Waals surface area contributed by atoms with E-state index in [1.165, 1.54) is 14.1 Å². The minimum Gasteiger partial charge on any atom is -0.306 e. The van der Waals surface area contributed by atoms with Crippen LogP contribution in [-0.4, -0.2) is 77.8 Å². The molecular weight excluding hydrogens is 314 g/mol. The molecule has 0 radical (unpaired) electrons. The summed E-state index contributed by atoms with van der Waals surface area (Å²) in [5, 5.41) is 0. The number of hydrogen-bond donors (Lipinski definition) is 1. The summed E-state index contributed by atoms with van der Waals surface area (Å²) in [6, 6.07) is 0.375. The minimum atomic E-state index is -3.41. The molecule has 0 amide bonds. The lowest BCUT2D eigenvalue weighted by molar-refractivity contribution is 0.295. The average molecular weight is 341 g/mol. The van der Waals surface area contributed by atoms with Gasteiger partial charge in [0, 0.05) is 26.2 Å². The maximum atomic E-state index is 12.0. The second kappa shape index (κ2) is 7.36. The highest BCUT2D eigenvalue weighted by molar-refractivity contribution is 7.90. The summed E-state index contributed by atoms with van der Waals surface area (Å²) >= 11 is 0. The van der Waals surface area contributed by atoms with Crippen molar-refractivity contribution in [2.75, 3.05) is 39.7 Å². The Balaban J connectivity index is 2.42. The Morgan fingerprint density at radius 2 is 1.62 bits per heavy atom. The Morgan fingerprint density at radius 3 is 2.10 bits per heavy atom. The molecule has 0 spiro atoms. The van der Waals surface area contributed by atoms with E-state index in [2.05, 4.69) is 9.62 Å². The second-order valence-corrected chi connectivity index (χ2v) is 10.2. The van der Waals surface area contributed by atoms with Crippen LogP contribution in [0, 0.1) is 0 Å². The zero-order chi connectivity index (χ0) is 16.3. The van der Waals surface area contributed by atoms with Gasteiger partial charge in [-0.2, -0.15) is 0 Å². The van der Waals surface area contributed by atoms with Gasteiger partial charge in [-0.1, -0.05) is 0 Å². The molecule has 1 fully saturated rings. The van der Waals surface area contributed by atoms with E-state index >= 15 is 0 Å². The predicted octanol–water partition coefficient (Wildman–Crippen LogP) is -0.330. The summed E-state index contributed by atoms with van der Waals surface area (Å²) in [4.78, 5) is 2.11. The smallest absolute Gasteiger partial charge is 0.213 e. The van der Waals surface area contributed by atoms with Crippen LogP contribution in [0.4, 0.5) is 0 Å². The van der Waals surface area contributed by atoms with Crippen molar-refractivity contribution in [3.63, 3.8) is 0 Å². The fraction of sp³-hybridized carbons (Fsp3) is 1.00. The number of nitrogens with one attached hydrogen (secondary N) is 1. The van der Waals surface area contributed by atoms with Gasteiger partial charge in [0.15, 0.2) is 0 Å². The Morgan fingerprint density at radius 1 is 1.00 bits per heavy atom. The quantitative estimate of drug-likeness (QED) is 0.653. The largest absolute Gasteiger partial charge is 0.306 e. The van der Waals surface area contributed by atoms with Gasteiger partial charge >= 0.3 is 0 Å². The van der Waals surface area contributed by atoms with Gasteiger partial charge in [-0.25, -0.2) is 25.9 Å². The van der Waals surface area contributed by atoms with Crippen LogP contribution in [0.1, 0.15) is 25.7 Å². The van der Waals surface area contributed by atoms with Crippen LogP contribution >= 0.6 is 0 Å². The van der Waals surface area contributed by atoms with Crippen molar-refractivity contribution < 1.29 is 16.8 Å². The second-order valence-electron chi connectivity index (χ2n) is 6.02. The fourth-order valence-electron chi connectivity index (χ4n) is 2.46. The monoisotopic (exact) mass is 341 g/mol. The lowest BCUT2D eigenvalue weighted by Gasteiger charge is -2.19. The molecule has 7 nitrogen and oxygen atoms in total. The van der Waals surface area contributed by atoms with E-state index in [9.17, 15) is 16.8 Å². The van der Waals surface area contributed by atoms with Gasteiger partial charge in [-0.05, 0) is 39.8 Å². The van der Waals surface area contributed by atoms with E-state index in [1.807, 2.05) is 14.1 Å². The van der Waals surface area contributed by atoms with Crippen molar-refractivity contribution in [1.82, 2.24) is 13.9 Å². The first-order valence-electron chi connectivity index (χ1n) is 7.10. The van der Waals surface area contributed by atoms with E-state index in [1.54, 1.807) is 0 Å². The maximum Gasteiger partial charge on any atom is 0.213 e. The van der Waals surface area contributed by atoms with E-state index in [4.69, 9.17) is 0 Å². The molecule has 1 aliphatic rings. The zero-order valence-corrected chi connectivity index (χ0v) is 14.9. The summed E-state index contributed by atoms with van der Waals surface area (Å²) in [7, 11) is 0.133. The summed E-state index contributed by atoms with van der Waals surface area (Å²) < 4.78 is 50.9. The Kier molecular flexibility index (Phi) is 6.60. The molecule has 1 aliphatic carbocycles. The van der Waals surface area contributed by atoms with Crippen molar-refractivity contribution in [2.24, 2.45) is 0 Å². The van der Waals surface area contributed by atoms with Gasteiger partial charge in [0.25, 0.3) is 0 Å². The van der Waals surface area contributed by atoms with Gasteiger partial charge in [-0.3, -0.25) is 0 Å². The van der Waals surface area contributed by atoms with Crippen molar-refractivity contribution in [3.8, 4) is 0 Å². The number of sulfonamides is 2. The van der Waals surface area contributed by atoms with Crippen LogP contribution in [0.2, 0.25) is 0 Å². The summed E-state index contributed by atoms with van der Waals surface area (Å²) in [6.07, 6.45) is 2.73. The van der Waals surface area contributed by atoms with E-state index in [-0.39, 0.29) is 24.0 Å². The number of rotatable bonds is 8. The topological polar surface area (TPSA) is 86.8 Å². The molecule has 0 bridgehead atoms. The Hall–Kier alpha value is -0.220. The van der Waals surface area contributed by atoms with Gasteiger partial charge in [0.2, 0.25) is 20.0 Å². The zero-order valence-electron chi connectivity index (χ0n) is 13.2. The molecule has 1 N–H and O–H groups in total. The minimum absolute atomic E-state index is 0.0344. The molecule has 0 aromatic carbocycles. The van der Waals surface area contributed by atoms with E-state index in [0.717, 1.165) is 23.6 Å². The van der Waals surface area contributed by atoms with Crippen LogP contribution in [-0.2, 0) is 20.0 Å². The number of nitrogens with zero attached hydrogens (tertiary/aromatic N) is 2. The van der Waals surface area contributed by atoms with Gasteiger partial charge < -0.3 is 4.90 Å². The Bertz CT molecular complexity index is 529. The van der Waals surface area contributed by atoms with Crippen LogP contribution in [0.15, 0.2) is 0 Å². The first-order chi connectivity index (χ1) is 9.53. The first kappa shape index (κ1) is 18.8. The van der Waals surface area contributed by atoms with Crippen molar-refractivity contribution >= 4 is 20.0 Å². The lowest BCUT2D eigenvalue weighted by Crippen LogP contribution is -2.37. The third kappa shape index (κ3) is 6.19. The van der Waals surface area contributed by atoms with Crippen LogP contribution in [0.25, 0.3) is 0 Å². The van der Waals surface area contributed by atoms with Crippen LogP contribution < -0.4 is 4.72 Å². The van der Waals surface area contributed by atoms with Crippen molar-refractivity contribution in [2.45, 2.75) is 37.8 Å². The van der Waals surface area contributed by atoms with E-state index < -0.39 is 20.0 Å². The first-order valence-corrected chi connectivity index (χ1v) is 10.4. The third-order valence-corrected chi connectivity index (χ3v) is 7.29. The van der Waals surface area contributed by atoms with E-state index in [0.29, 0.717) is 6.04 Å². The maximum absolute atomic E-state index is 12.0. The van der Waals surface area contributed by atoms with Crippen molar-refractivity contribution in [3.05, 3.63) is 0 Å². The van der Waals surface area contributed by atoms with Crippen molar-refractivity contribution in [1.29, 1.82) is 0 Å². The van der Waals surface area contributed by atoms with Crippen LogP contribution in [0.5, 0.6) is 0 Å².